The van der Waals surface area contributed by atoms with Gasteiger partial charge in [-0.25, -0.2) is 0 Å². The predicted octanol–water partition coefficient (Wildman–Crippen LogP) is 5.03. The molecule has 0 aliphatic carbocycles. The first-order valence-corrected chi connectivity index (χ1v) is 10.9. The number of benzene rings is 2. The van der Waals surface area contributed by atoms with Crippen molar-refractivity contribution in [2.45, 2.75) is 33.4 Å². The lowest BCUT2D eigenvalue weighted by atomic mass is 10.1. The van der Waals surface area contributed by atoms with Crippen LogP contribution in [-0.2, 0) is 16.1 Å². The second-order valence-corrected chi connectivity index (χ2v) is 8.78. The molecule has 1 aliphatic heterocycles. The number of thioether (sulfide) groups is 1. The van der Waals surface area contributed by atoms with Crippen molar-refractivity contribution in [2.24, 2.45) is 0 Å². The lowest BCUT2D eigenvalue weighted by molar-refractivity contribution is -0.123. The zero-order valence-corrected chi connectivity index (χ0v) is 18.4. The van der Waals surface area contributed by atoms with Gasteiger partial charge in [0.15, 0.2) is 0 Å². The van der Waals surface area contributed by atoms with Gasteiger partial charge in [-0.05, 0) is 56.8 Å². The predicted molar refractivity (Wildman–Crippen MR) is 125 cm³/mol. The Balaban J connectivity index is 1.62. The Morgan fingerprint density at radius 3 is 2.48 bits per heavy atom. The van der Waals surface area contributed by atoms with Gasteiger partial charge in [-0.3, -0.25) is 19.3 Å². The molecule has 2 aromatic carbocycles. The molecule has 3 amide bonds. The van der Waals surface area contributed by atoms with E-state index in [0.717, 1.165) is 39.5 Å². The average molecular weight is 434 g/mol. The highest BCUT2D eigenvalue weighted by atomic mass is 32.2. The summed E-state index contributed by atoms with van der Waals surface area (Å²) >= 11 is 0.950. The first-order valence-electron chi connectivity index (χ1n) is 10.0. The molecule has 0 radical (unpaired) electrons. The van der Waals surface area contributed by atoms with Crippen LogP contribution in [0, 0.1) is 6.92 Å². The minimum atomic E-state index is -0.279. The number of hydrogen-bond donors (Lipinski definition) is 1. The summed E-state index contributed by atoms with van der Waals surface area (Å²) in [6, 6.07) is 15.2. The van der Waals surface area contributed by atoms with Crippen molar-refractivity contribution in [2.75, 3.05) is 5.32 Å². The Morgan fingerprint density at radius 1 is 1.10 bits per heavy atom. The van der Waals surface area contributed by atoms with Gasteiger partial charge in [0, 0.05) is 34.4 Å². The third kappa shape index (κ3) is 4.27. The molecule has 1 aromatic heterocycles. The summed E-state index contributed by atoms with van der Waals surface area (Å²) in [6.45, 7) is 5.76. The van der Waals surface area contributed by atoms with Crippen molar-refractivity contribution < 1.29 is 14.4 Å². The van der Waals surface area contributed by atoms with Crippen LogP contribution in [-0.4, -0.2) is 32.6 Å². The van der Waals surface area contributed by atoms with Crippen LogP contribution in [0.5, 0.6) is 0 Å². The summed E-state index contributed by atoms with van der Waals surface area (Å²) in [7, 11) is 0. The summed E-state index contributed by atoms with van der Waals surface area (Å²) in [5, 5.41) is 3.57. The molecule has 4 rings (SSSR count). The van der Waals surface area contributed by atoms with Crippen LogP contribution in [0.4, 0.5) is 10.5 Å². The highest BCUT2D eigenvalue weighted by Gasteiger charge is 2.36. The summed E-state index contributed by atoms with van der Waals surface area (Å²) in [6.07, 6.45) is 3.59. The van der Waals surface area contributed by atoms with Crippen LogP contribution in [0.25, 0.3) is 17.0 Å². The van der Waals surface area contributed by atoms with Gasteiger partial charge in [-0.15, -0.1) is 0 Å². The number of rotatable bonds is 5. The maximum atomic E-state index is 12.7. The number of carbonyl (C=O) groups is 3. The molecule has 6 nitrogen and oxygen atoms in total. The number of carbonyl (C=O) groups excluding carboxylic acids is 3. The number of anilines is 1. The molecule has 3 aromatic rings. The Morgan fingerprint density at radius 2 is 1.81 bits per heavy atom. The molecular formula is C24H23N3O3S. The van der Waals surface area contributed by atoms with Gasteiger partial charge in [0.2, 0.25) is 5.91 Å². The van der Waals surface area contributed by atoms with Crippen LogP contribution in [0.2, 0.25) is 0 Å². The number of fused-ring (bicyclic) bond motifs is 1. The van der Waals surface area contributed by atoms with E-state index >= 15 is 0 Å². The van der Waals surface area contributed by atoms with Gasteiger partial charge < -0.3 is 9.88 Å². The largest absolute Gasteiger partial charge is 0.337 e. The van der Waals surface area contributed by atoms with E-state index < -0.39 is 0 Å². The van der Waals surface area contributed by atoms with Crippen molar-refractivity contribution in [1.82, 2.24) is 9.47 Å². The molecule has 7 heteroatoms. The van der Waals surface area contributed by atoms with Crippen LogP contribution < -0.4 is 5.32 Å². The third-order valence-corrected chi connectivity index (χ3v) is 5.98. The molecule has 1 saturated heterocycles. The summed E-state index contributed by atoms with van der Waals surface area (Å²) in [5.41, 5.74) is 3.56. The van der Waals surface area contributed by atoms with E-state index in [4.69, 9.17) is 0 Å². The topological polar surface area (TPSA) is 71.4 Å². The molecule has 0 atom stereocenters. The molecule has 2 heterocycles. The number of nitrogens with zero attached hydrogens (tertiary/aromatic N) is 2. The fourth-order valence-corrected chi connectivity index (χ4v) is 4.53. The quantitative estimate of drug-likeness (QED) is 0.573. The number of amides is 3. The molecule has 0 spiro atoms. The third-order valence-electron chi connectivity index (χ3n) is 5.10. The molecule has 0 bridgehead atoms. The van der Waals surface area contributed by atoms with E-state index in [1.54, 1.807) is 6.08 Å². The summed E-state index contributed by atoms with van der Waals surface area (Å²) in [5.74, 6) is -0.421. The normalized spacial score (nSPS) is 15.5. The van der Waals surface area contributed by atoms with E-state index in [1.165, 1.54) is 4.90 Å². The van der Waals surface area contributed by atoms with Crippen molar-refractivity contribution in [3.8, 4) is 0 Å². The molecule has 0 unspecified atom stereocenters. The number of imide groups is 1. The Hall–Kier alpha value is -3.32. The van der Waals surface area contributed by atoms with Crippen molar-refractivity contribution in [3.63, 3.8) is 0 Å². The second-order valence-electron chi connectivity index (χ2n) is 7.79. The van der Waals surface area contributed by atoms with Gasteiger partial charge in [-0.2, -0.15) is 0 Å². The highest BCUT2D eigenvalue weighted by Crippen LogP contribution is 2.35. The first-order chi connectivity index (χ1) is 14.8. The lowest BCUT2D eigenvalue weighted by Crippen LogP contribution is -2.34. The average Bonchev–Trinajstić information content (AvgIpc) is 3.20. The van der Waals surface area contributed by atoms with Gasteiger partial charge in [-0.1, -0.05) is 35.9 Å². The Kier molecular flexibility index (Phi) is 5.69. The molecule has 1 N–H and O–H groups in total. The zero-order chi connectivity index (χ0) is 22.1. The standard InChI is InChI=1S/C24H23N3O3S/c1-15(2)27-23(29)21(31-24(27)30)12-17-13-26(20-7-5-4-6-19(17)20)14-22(28)25-18-10-8-16(3)9-11-18/h4-13,15H,14H2,1-3H3,(H,25,28). The van der Waals surface area contributed by atoms with Gasteiger partial charge in [0.05, 0.1) is 4.91 Å². The summed E-state index contributed by atoms with van der Waals surface area (Å²) < 4.78 is 1.86. The Labute approximate surface area is 184 Å². The van der Waals surface area contributed by atoms with Gasteiger partial charge in [0.25, 0.3) is 11.1 Å². The van der Waals surface area contributed by atoms with E-state index in [-0.39, 0.29) is 29.6 Å². The molecular weight excluding hydrogens is 410 g/mol. The number of aryl methyl sites for hydroxylation is 1. The maximum absolute atomic E-state index is 12.7. The second kappa shape index (κ2) is 8.43. The van der Waals surface area contributed by atoms with Crippen molar-refractivity contribution in [1.29, 1.82) is 0 Å². The fraction of sp³-hybridized carbons (Fsp3) is 0.208. The number of para-hydroxylation sites is 1. The lowest BCUT2D eigenvalue weighted by Gasteiger charge is -2.16. The van der Waals surface area contributed by atoms with Gasteiger partial charge in [0.1, 0.15) is 6.54 Å². The maximum Gasteiger partial charge on any atom is 0.293 e. The van der Waals surface area contributed by atoms with Gasteiger partial charge >= 0.3 is 0 Å². The monoisotopic (exact) mass is 433 g/mol. The number of aromatic nitrogens is 1. The molecule has 158 valence electrons. The van der Waals surface area contributed by atoms with Crippen LogP contribution in [0.15, 0.2) is 59.6 Å². The van der Waals surface area contributed by atoms with Crippen LogP contribution in [0.1, 0.15) is 25.0 Å². The van der Waals surface area contributed by atoms with Crippen LogP contribution >= 0.6 is 11.8 Å². The minimum Gasteiger partial charge on any atom is -0.337 e. The summed E-state index contributed by atoms with van der Waals surface area (Å²) in [4.78, 5) is 39.1. The van der Waals surface area contributed by atoms with E-state index in [0.29, 0.717) is 4.91 Å². The first kappa shape index (κ1) is 20.9. The molecule has 1 fully saturated rings. The number of hydrogen-bond acceptors (Lipinski definition) is 4. The molecule has 31 heavy (non-hydrogen) atoms. The van der Waals surface area contributed by atoms with Crippen molar-refractivity contribution >= 4 is 51.5 Å². The SMILES string of the molecule is Cc1ccc(NC(=O)Cn2cc(C=C3SC(=O)N(C(C)C)C3=O)c3ccccc32)cc1. The van der Waals surface area contributed by atoms with E-state index in [9.17, 15) is 14.4 Å². The molecule has 0 saturated carbocycles. The van der Waals surface area contributed by atoms with E-state index in [1.807, 2.05) is 80.1 Å². The fourth-order valence-electron chi connectivity index (χ4n) is 3.58. The Bertz CT molecular complexity index is 1210. The van der Waals surface area contributed by atoms with E-state index in [2.05, 4.69) is 5.32 Å². The highest BCUT2D eigenvalue weighted by molar-refractivity contribution is 8.18. The molecule has 1 aliphatic rings. The minimum absolute atomic E-state index is 0.135. The van der Waals surface area contributed by atoms with Crippen molar-refractivity contribution in [3.05, 3.63) is 70.8 Å². The smallest absolute Gasteiger partial charge is 0.293 e. The zero-order valence-electron chi connectivity index (χ0n) is 17.6. The van der Waals surface area contributed by atoms with Crippen LogP contribution in [0.3, 0.4) is 0 Å². The number of nitrogens with one attached hydrogen (secondary N) is 1.